The zero-order valence-electron chi connectivity index (χ0n) is 8.38. The van der Waals surface area contributed by atoms with Gasteiger partial charge >= 0.3 is 5.97 Å². The van der Waals surface area contributed by atoms with E-state index >= 15 is 0 Å². The fourth-order valence-corrected chi connectivity index (χ4v) is 1.55. The molecule has 0 amide bonds. The topological polar surface area (TPSA) is 29.5 Å². The number of likely N-dealkylation sites (tertiary alicyclic amines) is 1. The largest absolute Gasteiger partial charge is 0.469 e. The van der Waals surface area contributed by atoms with Crippen LogP contribution in [-0.2, 0) is 9.53 Å². The summed E-state index contributed by atoms with van der Waals surface area (Å²) >= 11 is 0. The van der Waals surface area contributed by atoms with Crippen molar-refractivity contribution >= 4 is 5.97 Å². The van der Waals surface area contributed by atoms with Crippen LogP contribution in [0, 0.1) is 0 Å². The van der Waals surface area contributed by atoms with Crippen molar-refractivity contribution in [1.29, 1.82) is 0 Å². The van der Waals surface area contributed by atoms with Gasteiger partial charge in [0.05, 0.1) is 13.5 Å². The predicted molar refractivity (Wildman–Crippen MR) is 51.4 cm³/mol. The lowest BCUT2D eigenvalue weighted by molar-refractivity contribution is -0.141. The Morgan fingerprint density at radius 3 is 2.85 bits per heavy atom. The first kappa shape index (κ1) is 10.3. The summed E-state index contributed by atoms with van der Waals surface area (Å²) in [6, 6.07) is 0. The number of ether oxygens (including phenoxy) is 1. The molecule has 0 radical (unpaired) electrons. The van der Waals surface area contributed by atoms with Crippen molar-refractivity contribution in [2.24, 2.45) is 0 Å². The van der Waals surface area contributed by atoms with Gasteiger partial charge in [-0.05, 0) is 13.3 Å². The molecule has 13 heavy (non-hydrogen) atoms. The van der Waals surface area contributed by atoms with Crippen molar-refractivity contribution in [2.45, 2.75) is 25.3 Å². The molecule has 0 saturated carbocycles. The highest BCUT2D eigenvalue weighted by molar-refractivity contribution is 5.69. The lowest BCUT2D eigenvalue weighted by atomic mass is 9.87. The fourth-order valence-electron chi connectivity index (χ4n) is 1.55. The minimum atomic E-state index is -0.140. The molecule has 3 heteroatoms. The first-order valence-corrected chi connectivity index (χ1v) is 4.58. The molecule has 1 atom stereocenters. The second-order valence-corrected chi connectivity index (χ2v) is 3.62. The molecule has 1 fully saturated rings. The van der Waals surface area contributed by atoms with Crippen LogP contribution in [0.4, 0.5) is 0 Å². The fraction of sp³-hybridized carbons (Fsp3) is 0.700. The number of hydrogen-bond acceptors (Lipinski definition) is 3. The number of methoxy groups -OCH3 is 1. The Labute approximate surface area is 79.4 Å². The average Bonchev–Trinajstić information content (AvgIpc) is 2.14. The third-order valence-corrected chi connectivity index (χ3v) is 2.86. The lowest BCUT2D eigenvalue weighted by Gasteiger charge is -2.48. The Kier molecular flexibility index (Phi) is 3.09. The van der Waals surface area contributed by atoms with E-state index in [0.29, 0.717) is 6.42 Å². The molecule has 1 heterocycles. The summed E-state index contributed by atoms with van der Waals surface area (Å²) in [7, 11) is 1.42. The molecule has 0 bridgehead atoms. The number of esters is 1. The quantitative estimate of drug-likeness (QED) is 0.484. The molecular formula is C10H17NO2. The highest BCUT2D eigenvalue weighted by Gasteiger charge is 2.37. The zero-order chi connectivity index (χ0) is 9.90. The van der Waals surface area contributed by atoms with Crippen molar-refractivity contribution in [2.75, 3.05) is 20.2 Å². The van der Waals surface area contributed by atoms with Gasteiger partial charge in [-0.25, -0.2) is 0 Å². The van der Waals surface area contributed by atoms with Crippen LogP contribution in [0.1, 0.15) is 19.8 Å². The Bertz CT molecular complexity index is 215. The molecule has 1 rings (SSSR count). The van der Waals surface area contributed by atoms with E-state index in [9.17, 15) is 4.79 Å². The molecule has 3 nitrogen and oxygen atoms in total. The second kappa shape index (κ2) is 3.92. The van der Waals surface area contributed by atoms with Crippen molar-refractivity contribution in [3.8, 4) is 0 Å². The van der Waals surface area contributed by atoms with Crippen LogP contribution in [0.15, 0.2) is 12.7 Å². The Balaban J connectivity index is 2.31. The molecule has 0 aliphatic carbocycles. The molecule has 1 aliphatic heterocycles. The van der Waals surface area contributed by atoms with E-state index in [1.165, 1.54) is 7.11 Å². The van der Waals surface area contributed by atoms with Crippen LogP contribution in [0.3, 0.4) is 0 Å². The standard InChI is InChI=1S/C10H17NO2/c1-4-10(2)6-8-11(10)7-5-9(12)13-3/h4H,1,5-8H2,2-3H3. The third kappa shape index (κ3) is 2.10. The molecule has 1 saturated heterocycles. The summed E-state index contributed by atoms with van der Waals surface area (Å²) in [5.41, 5.74) is 0.105. The maximum atomic E-state index is 10.9. The van der Waals surface area contributed by atoms with Gasteiger partial charge in [0.25, 0.3) is 0 Å². The lowest BCUT2D eigenvalue weighted by Crippen LogP contribution is -2.56. The number of carbonyl (C=O) groups excluding carboxylic acids is 1. The van der Waals surface area contributed by atoms with Crippen LogP contribution in [0.5, 0.6) is 0 Å². The normalized spacial score (nSPS) is 27.8. The Morgan fingerprint density at radius 1 is 1.77 bits per heavy atom. The van der Waals surface area contributed by atoms with Crippen LogP contribution >= 0.6 is 0 Å². The van der Waals surface area contributed by atoms with Gasteiger partial charge in [0, 0.05) is 18.6 Å². The van der Waals surface area contributed by atoms with Crippen LogP contribution in [0.25, 0.3) is 0 Å². The van der Waals surface area contributed by atoms with Gasteiger partial charge in [0.15, 0.2) is 0 Å². The van der Waals surface area contributed by atoms with Gasteiger partial charge in [-0.15, -0.1) is 6.58 Å². The second-order valence-electron chi connectivity index (χ2n) is 3.62. The van der Waals surface area contributed by atoms with Gasteiger partial charge < -0.3 is 4.74 Å². The molecule has 0 spiro atoms. The molecule has 0 aromatic heterocycles. The van der Waals surface area contributed by atoms with E-state index in [0.717, 1.165) is 19.5 Å². The Morgan fingerprint density at radius 2 is 2.46 bits per heavy atom. The summed E-state index contributed by atoms with van der Waals surface area (Å²) < 4.78 is 4.58. The molecule has 0 aromatic rings. The summed E-state index contributed by atoms with van der Waals surface area (Å²) in [5.74, 6) is -0.140. The van der Waals surface area contributed by atoms with Crippen molar-refractivity contribution in [3.05, 3.63) is 12.7 Å². The predicted octanol–water partition coefficient (Wildman–Crippen LogP) is 1.20. The first-order chi connectivity index (χ1) is 6.12. The van der Waals surface area contributed by atoms with Gasteiger partial charge in [-0.2, -0.15) is 0 Å². The smallest absolute Gasteiger partial charge is 0.306 e. The van der Waals surface area contributed by atoms with Crippen molar-refractivity contribution in [1.82, 2.24) is 4.90 Å². The monoisotopic (exact) mass is 183 g/mol. The maximum absolute atomic E-state index is 10.9. The number of carbonyl (C=O) groups is 1. The summed E-state index contributed by atoms with van der Waals surface area (Å²) in [5, 5.41) is 0. The maximum Gasteiger partial charge on any atom is 0.306 e. The van der Waals surface area contributed by atoms with Crippen LogP contribution in [-0.4, -0.2) is 36.6 Å². The number of hydrogen-bond donors (Lipinski definition) is 0. The minimum Gasteiger partial charge on any atom is -0.469 e. The van der Waals surface area contributed by atoms with E-state index < -0.39 is 0 Å². The molecule has 1 aliphatic rings. The minimum absolute atomic E-state index is 0.105. The van der Waals surface area contributed by atoms with Gasteiger partial charge in [0.2, 0.25) is 0 Å². The van der Waals surface area contributed by atoms with E-state index in [2.05, 4.69) is 23.1 Å². The molecule has 0 aromatic carbocycles. The molecular weight excluding hydrogens is 166 g/mol. The van der Waals surface area contributed by atoms with Gasteiger partial charge in [-0.1, -0.05) is 6.08 Å². The van der Waals surface area contributed by atoms with E-state index in [1.807, 2.05) is 6.08 Å². The molecule has 74 valence electrons. The Hall–Kier alpha value is -0.830. The summed E-state index contributed by atoms with van der Waals surface area (Å²) in [6.45, 7) is 7.76. The van der Waals surface area contributed by atoms with Gasteiger partial charge in [-0.3, -0.25) is 9.69 Å². The highest BCUT2D eigenvalue weighted by Crippen LogP contribution is 2.30. The van der Waals surface area contributed by atoms with Crippen molar-refractivity contribution in [3.63, 3.8) is 0 Å². The van der Waals surface area contributed by atoms with Crippen LogP contribution in [0.2, 0.25) is 0 Å². The van der Waals surface area contributed by atoms with Crippen molar-refractivity contribution < 1.29 is 9.53 Å². The van der Waals surface area contributed by atoms with Gasteiger partial charge in [0.1, 0.15) is 0 Å². The zero-order valence-corrected chi connectivity index (χ0v) is 8.38. The van der Waals surface area contributed by atoms with E-state index in [-0.39, 0.29) is 11.5 Å². The summed E-state index contributed by atoms with van der Waals surface area (Å²) in [6.07, 6.45) is 3.56. The first-order valence-electron chi connectivity index (χ1n) is 4.58. The molecule has 0 N–H and O–H groups in total. The van der Waals surface area contributed by atoms with Crippen LogP contribution < -0.4 is 0 Å². The average molecular weight is 183 g/mol. The molecule has 1 unspecified atom stereocenters. The third-order valence-electron chi connectivity index (χ3n) is 2.86. The number of nitrogens with zero attached hydrogens (tertiary/aromatic N) is 1. The number of rotatable bonds is 4. The van der Waals surface area contributed by atoms with E-state index in [1.54, 1.807) is 0 Å². The SMILES string of the molecule is C=CC1(C)CCN1CCC(=O)OC. The summed E-state index contributed by atoms with van der Waals surface area (Å²) in [4.78, 5) is 13.1. The van der Waals surface area contributed by atoms with E-state index in [4.69, 9.17) is 0 Å². The highest BCUT2D eigenvalue weighted by atomic mass is 16.5.